The molecule has 0 bridgehead atoms. The van der Waals surface area contributed by atoms with Gasteiger partial charge in [0, 0.05) is 11.8 Å². The summed E-state index contributed by atoms with van der Waals surface area (Å²) in [5.74, 6) is -0.881. The van der Waals surface area contributed by atoms with Crippen molar-refractivity contribution in [1.29, 1.82) is 0 Å². The summed E-state index contributed by atoms with van der Waals surface area (Å²) in [7, 11) is 0. The number of aromatic carboxylic acids is 1. The zero-order valence-electron chi connectivity index (χ0n) is 10.3. The quantitative estimate of drug-likeness (QED) is 0.911. The number of carbonyl (C=O) groups is 1. The topological polar surface area (TPSA) is 49.7 Å². The number of rotatable bonds is 3. The highest BCUT2D eigenvalue weighted by atomic mass is 16.4. The van der Waals surface area contributed by atoms with Crippen LogP contribution in [0.4, 0.5) is 0 Å². The normalized spacial score (nSPS) is 12.4. The number of nitrogens with zero attached hydrogens (tertiary/aromatic N) is 1. The number of aliphatic imine (C=N–C) groups is 1. The zero-order chi connectivity index (χ0) is 13.2. The van der Waals surface area contributed by atoms with Gasteiger partial charge in [-0.3, -0.25) is 4.99 Å². The van der Waals surface area contributed by atoms with Gasteiger partial charge in [0.1, 0.15) is 0 Å². The Labute approximate surface area is 111 Å². The molecule has 3 nitrogen and oxygen atoms in total. The third-order valence-corrected chi connectivity index (χ3v) is 3.38. The van der Waals surface area contributed by atoms with Crippen LogP contribution in [0.5, 0.6) is 0 Å². The van der Waals surface area contributed by atoms with Gasteiger partial charge in [-0.15, -0.1) is 0 Å². The predicted molar refractivity (Wildman–Crippen MR) is 73.9 cm³/mol. The summed E-state index contributed by atoms with van der Waals surface area (Å²) >= 11 is 0. The molecule has 19 heavy (non-hydrogen) atoms. The lowest BCUT2D eigenvalue weighted by atomic mass is 9.92. The van der Waals surface area contributed by atoms with Crippen LogP contribution in [0.3, 0.4) is 0 Å². The Morgan fingerprint density at radius 2 is 1.95 bits per heavy atom. The molecule has 1 aliphatic heterocycles. The summed E-state index contributed by atoms with van der Waals surface area (Å²) in [6, 6.07) is 13.5. The van der Waals surface area contributed by atoms with Crippen LogP contribution >= 0.6 is 0 Å². The van der Waals surface area contributed by atoms with Gasteiger partial charge in [-0.1, -0.05) is 36.4 Å². The fourth-order valence-electron chi connectivity index (χ4n) is 2.44. The van der Waals surface area contributed by atoms with Crippen LogP contribution in [-0.2, 0) is 13.0 Å². The summed E-state index contributed by atoms with van der Waals surface area (Å²) in [4.78, 5) is 15.6. The van der Waals surface area contributed by atoms with E-state index in [1.807, 2.05) is 36.4 Å². The van der Waals surface area contributed by atoms with Gasteiger partial charge in [-0.2, -0.15) is 0 Å². The first-order valence-corrected chi connectivity index (χ1v) is 6.17. The molecule has 0 unspecified atom stereocenters. The maximum absolute atomic E-state index is 11.4. The average molecular weight is 251 g/mol. The number of benzene rings is 2. The minimum Gasteiger partial charge on any atom is -0.478 e. The van der Waals surface area contributed by atoms with Crippen molar-refractivity contribution >= 4 is 12.2 Å². The molecule has 0 aliphatic carbocycles. The number of hydrogen-bond acceptors (Lipinski definition) is 2. The SMILES string of the molecule is O=C(O)c1ccc2c(c1Cc1ccccc1)C=NC2. The van der Waals surface area contributed by atoms with Crippen LogP contribution in [0, 0.1) is 0 Å². The van der Waals surface area contributed by atoms with E-state index in [1.165, 1.54) is 0 Å². The Kier molecular flexibility index (Phi) is 2.88. The molecule has 0 saturated carbocycles. The molecule has 0 aromatic heterocycles. The highest BCUT2D eigenvalue weighted by molar-refractivity contribution is 5.96. The van der Waals surface area contributed by atoms with Crippen molar-refractivity contribution < 1.29 is 9.90 Å². The Morgan fingerprint density at radius 1 is 1.16 bits per heavy atom. The molecule has 0 saturated heterocycles. The summed E-state index contributed by atoms with van der Waals surface area (Å²) in [6.07, 6.45) is 2.41. The first kappa shape index (κ1) is 11.7. The Hall–Kier alpha value is -2.42. The first-order chi connectivity index (χ1) is 9.25. The maximum atomic E-state index is 11.4. The third-order valence-electron chi connectivity index (χ3n) is 3.38. The second-order valence-corrected chi connectivity index (χ2v) is 4.60. The van der Waals surface area contributed by atoms with Gasteiger partial charge in [-0.05, 0) is 29.2 Å². The van der Waals surface area contributed by atoms with Gasteiger partial charge < -0.3 is 5.11 Å². The van der Waals surface area contributed by atoms with E-state index in [4.69, 9.17) is 0 Å². The van der Waals surface area contributed by atoms with Crippen molar-refractivity contribution in [2.45, 2.75) is 13.0 Å². The molecule has 2 aromatic carbocycles. The van der Waals surface area contributed by atoms with Crippen molar-refractivity contribution in [3.63, 3.8) is 0 Å². The Morgan fingerprint density at radius 3 is 2.68 bits per heavy atom. The summed E-state index contributed by atoms with van der Waals surface area (Å²) < 4.78 is 0. The third kappa shape index (κ3) is 2.15. The zero-order valence-corrected chi connectivity index (χ0v) is 10.3. The second-order valence-electron chi connectivity index (χ2n) is 4.60. The minimum atomic E-state index is -0.881. The molecule has 0 radical (unpaired) electrons. The molecule has 94 valence electrons. The van der Waals surface area contributed by atoms with Crippen molar-refractivity contribution in [2.75, 3.05) is 0 Å². The molecule has 0 spiro atoms. The molecule has 3 heteroatoms. The number of hydrogen-bond donors (Lipinski definition) is 1. The van der Waals surface area contributed by atoms with Crippen LogP contribution < -0.4 is 0 Å². The largest absolute Gasteiger partial charge is 0.478 e. The van der Waals surface area contributed by atoms with E-state index >= 15 is 0 Å². The van der Waals surface area contributed by atoms with Gasteiger partial charge in [0.15, 0.2) is 0 Å². The molecule has 3 rings (SSSR count). The molecular formula is C16H13NO2. The van der Waals surface area contributed by atoms with E-state index in [-0.39, 0.29) is 0 Å². The molecule has 2 aromatic rings. The van der Waals surface area contributed by atoms with Gasteiger partial charge in [0.05, 0.1) is 12.1 Å². The van der Waals surface area contributed by atoms with Crippen LogP contribution in [0.2, 0.25) is 0 Å². The van der Waals surface area contributed by atoms with Crippen LogP contribution in [0.1, 0.15) is 32.6 Å². The fourth-order valence-corrected chi connectivity index (χ4v) is 2.44. The van der Waals surface area contributed by atoms with Gasteiger partial charge in [0.2, 0.25) is 0 Å². The lowest BCUT2D eigenvalue weighted by Gasteiger charge is -2.11. The summed E-state index contributed by atoms with van der Waals surface area (Å²) in [6.45, 7) is 0.650. The van der Waals surface area contributed by atoms with Crippen molar-refractivity contribution in [1.82, 2.24) is 0 Å². The van der Waals surface area contributed by atoms with E-state index in [9.17, 15) is 9.90 Å². The minimum absolute atomic E-state index is 0.371. The maximum Gasteiger partial charge on any atom is 0.335 e. The molecule has 1 heterocycles. The van der Waals surface area contributed by atoms with Gasteiger partial charge in [-0.25, -0.2) is 4.79 Å². The predicted octanol–water partition coefficient (Wildman–Crippen LogP) is 2.91. The molecule has 0 amide bonds. The highest BCUT2D eigenvalue weighted by Gasteiger charge is 2.18. The molecule has 0 atom stereocenters. The molecule has 1 N–H and O–H groups in total. The van der Waals surface area contributed by atoms with E-state index in [0.717, 1.165) is 22.3 Å². The van der Waals surface area contributed by atoms with Crippen molar-refractivity contribution in [2.24, 2.45) is 4.99 Å². The first-order valence-electron chi connectivity index (χ1n) is 6.17. The van der Waals surface area contributed by atoms with E-state index in [0.29, 0.717) is 18.5 Å². The second kappa shape index (κ2) is 4.69. The van der Waals surface area contributed by atoms with Crippen LogP contribution in [0.25, 0.3) is 0 Å². The Balaban J connectivity index is 2.10. The summed E-state index contributed by atoms with van der Waals surface area (Å²) in [5.41, 5.74) is 4.42. The number of carboxylic acids is 1. The fraction of sp³-hybridized carbons (Fsp3) is 0.125. The van der Waals surface area contributed by atoms with Crippen LogP contribution in [0.15, 0.2) is 47.5 Å². The van der Waals surface area contributed by atoms with E-state index < -0.39 is 5.97 Å². The molecular weight excluding hydrogens is 238 g/mol. The highest BCUT2D eigenvalue weighted by Crippen LogP contribution is 2.25. The standard InChI is InChI=1S/C16H13NO2/c18-16(19)13-7-6-12-9-17-10-15(12)14(13)8-11-4-2-1-3-5-11/h1-7,10H,8-9H2,(H,18,19). The molecule has 0 fully saturated rings. The lowest BCUT2D eigenvalue weighted by Crippen LogP contribution is -2.07. The van der Waals surface area contributed by atoms with Gasteiger partial charge in [0.25, 0.3) is 0 Å². The smallest absolute Gasteiger partial charge is 0.335 e. The lowest BCUT2D eigenvalue weighted by molar-refractivity contribution is 0.0696. The van der Waals surface area contributed by atoms with Gasteiger partial charge >= 0.3 is 5.97 Å². The van der Waals surface area contributed by atoms with Crippen molar-refractivity contribution in [3.8, 4) is 0 Å². The number of fused-ring (bicyclic) bond motifs is 1. The summed E-state index contributed by atoms with van der Waals surface area (Å²) in [5, 5.41) is 9.33. The van der Waals surface area contributed by atoms with E-state index in [2.05, 4.69) is 4.99 Å². The number of carboxylic acid groups (broad SMARTS) is 1. The van der Waals surface area contributed by atoms with E-state index in [1.54, 1.807) is 12.3 Å². The molecule has 1 aliphatic rings. The van der Waals surface area contributed by atoms with Crippen LogP contribution in [-0.4, -0.2) is 17.3 Å². The average Bonchev–Trinajstić information content (AvgIpc) is 2.88. The Bertz CT molecular complexity index is 660. The monoisotopic (exact) mass is 251 g/mol. The van der Waals surface area contributed by atoms with Crippen molar-refractivity contribution in [3.05, 3.63) is 70.3 Å².